The lowest BCUT2D eigenvalue weighted by Crippen LogP contribution is -2.00. The minimum Gasteiger partial charge on any atom is -0.393 e. The third-order valence-electron chi connectivity index (χ3n) is 1.68. The van der Waals surface area contributed by atoms with Crippen LogP contribution in [-0.2, 0) is 0 Å². The van der Waals surface area contributed by atoms with Crippen LogP contribution < -0.4 is 5.73 Å². The molecule has 1 aromatic rings. The number of nitro groups is 1. The SMILES string of the molecule is CC(=O)c1cc(N)c([N+](=O)[O-])c(Br)c1. The van der Waals surface area contributed by atoms with Gasteiger partial charge in [0, 0.05) is 5.56 Å². The first-order chi connectivity index (χ1) is 6.43. The Balaban J connectivity index is 3.39. The van der Waals surface area contributed by atoms with Gasteiger partial charge in [-0.2, -0.15) is 0 Å². The maximum absolute atomic E-state index is 11.0. The summed E-state index contributed by atoms with van der Waals surface area (Å²) >= 11 is 2.99. The van der Waals surface area contributed by atoms with E-state index in [1.54, 1.807) is 0 Å². The molecule has 74 valence electrons. The zero-order valence-corrected chi connectivity index (χ0v) is 8.87. The summed E-state index contributed by atoms with van der Waals surface area (Å²) in [6.45, 7) is 1.37. The summed E-state index contributed by atoms with van der Waals surface area (Å²) in [5.41, 5.74) is 5.55. The first-order valence-electron chi connectivity index (χ1n) is 3.68. The van der Waals surface area contributed by atoms with Gasteiger partial charge >= 0.3 is 5.69 Å². The first kappa shape index (κ1) is 10.6. The molecular formula is C8H7BrN2O3. The number of carbonyl (C=O) groups is 1. The number of nitrogens with two attached hydrogens (primary N) is 1. The number of nitro benzene ring substituents is 1. The first-order valence-corrected chi connectivity index (χ1v) is 4.47. The van der Waals surface area contributed by atoms with Crippen molar-refractivity contribution in [3.05, 3.63) is 32.3 Å². The minimum atomic E-state index is -0.594. The molecule has 0 spiro atoms. The lowest BCUT2D eigenvalue weighted by molar-refractivity contribution is -0.384. The number of hydrogen-bond donors (Lipinski definition) is 1. The van der Waals surface area contributed by atoms with Crippen molar-refractivity contribution in [2.75, 3.05) is 5.73 Å². The number of anilines is 1. The fourth-order valence-corrected chi connectivity index (χ4v) is 1.64. The van der Waals surface area contributed by atoms with E-state index in [1.165, 1.54) is 19.1 Å². The van der Waals surface area contributed by atoms with Gasteiger partial charge in [-0.15, -0.1) is 0 Å². The molecule has 0 aliphatic carbocycles. The van der Waals surface area contributed by atoms with Gasteiger partial charge < -0.3 is 5.73 Å². The van der Waals surface area contributed by atoms with Crippen LogP contribution in [0.5, 0.6) is 0 Å². The Morgan fingerprint density at radius 2 is 2.14 bits per heavy atom. The smallest absolute Gasteiger partial charge is 0.306 e. The summed E-state index contributed by atoms with van der Waals surface area (Å²) in [5, 5.41) is 10.5. The fraction of sp³-hybridized carbons (Fsp3) is 0.125. The van der Waals surface area contributed by atoms with E-state index in [-0.39, 0.29) is 21.6 Å². The topological polar surface area (TPSA) is 86.2 Å². The number of carbonyl (C=O) groups excluding carboxylic acids is 1. The molecule has 14 heavy (non-hydrogen) atoms. The zero-order valence-electron chi connectivity index (χ0n) is 7.28. The van der Waals surface area contributed by atoms with Crippen molar-refractivity contribution in [3.63, 3.8) is 0 Å². The Kier molecular flexibility index (Phi) is 2.85. The minimum absolute atomic E-state index is 0.0189. The van der Waals surface area contributed by atoms with Crippen LogP contribution in [0, 0.1) is 10.1 Å². The molecular weight excluding hydrogens is 252 g/mol. The van der Waals surface area contributed by atoms with E-state index in [0.717, 1.165) is 0 Å². The Labute approximate surface area is 88.2 Å². The Morgan fingerprint density at radius 1 is 1.57 bits per heavy atom. The molecule has 0 aliphatic heterocycles. The quantitative estimate of drug-likeness (QED) is 0.381. The zero-order chi connectivity index (χ0) is 10.9. The summed E-state index contributed by atoms with van der Waals surface area (Å²) in [6.07, 6.45) is 0. The number of Topliss-reactive ketones (excluding diaryl/α,β-unsaturated/α-hetero) is 1. The van der Waals surface area contributed by atoms with Crippen LogP contribution in [-0.4, -0.2) is 10.7 Å². The highest BCUT2D eigenvalue weighted by Gasteiger charge is 2.18. The van der Waals surface area contributed by atoms with E-state index in [2.05, 4.69) is 15.9 Å². The maximum Gasteiger partial charge on any atom is 0.306 e. The predicted octanol–water partition coefficient (Wildman–Crippen LogP) is 2.14. The van der Waals surface area contributed by atoms with E-state index in [1.807, 2.05) is 0 Å². The molecule has 1 aromatic carbocycles. The lowest BCUT2D eigenvalue weighted by atomic mass is 10.1. The molecule has 1 rings (SSSR count). The second-order valence-corrected chi connectivity index (χ2v) is 3.56. The molecule has 0 fully saturated rings. The number of ketones is 1. The van der Waals surface area contributed by atoms with Gasteiger partial charge in [0.25, 0.3) is 0 Å². The number of hydrogen-bond acceptors (Lipinski definition) is 4. The average molecular weight is 259 g/mol. The molecule has 0 saturated heterocycles. The molecule has 0 unspecified atom stereocenters. The van der Waals surface area contributed by atoms with Crippen LogP contribution in [0.2, 0.25) is 0 Å². The van der Waals surface area contributed by atoms with Crippen LogP contribution >= 0.6 is 15.9 Å². The third-order valence-corrected chi connectivity index (χ3v) is 2.29. The van der Waals surface area contributed by atoms with Gasteiger partial charge in [-0.05, 0) is 35.0 Å². The second-order valence-electron chi connectivity index (χ2n) is 2.71. The summed E-state index contributed by atoms with van der Waals surface area (Å²) in [4.78, 5) is 20.9. The van der Waals surface area contributed by atoms with E-state index < -0.39 is 4.92 Å². The average Bonchev–Trinajstić information content (AvgIpc) is 2.01. The standard InChI is InChI=1S/C8H7BrN2O3/c1-4(12)5-2-6(9)8(11(13)14)7(10)3-5/h2-3H,10H2,1H3. The van der Waals surface area contributed by atoms with Crippen molar-refractivity contribution in [2.45, 2.75) is 6.92 Å². The van der Waals surface area contributed by atoms with E-state index in [4.69, 9.17) is 5.73 Å². The van der Waals surface area contributed by atoms with Crippen LogP contribution in [0.15, 0.2) is 16.6 Å². The Bertz CT molecular complexity index is 394. The largest absolute Gasteiger partial charge is 0.393 e. The predicted molar refractivity (Wildman–Crippen MR) is 55.2 cm³/mol. The van der Waals surface area contributed by atoms with Crippen LogP contribution in [0.25, 0.3) is 0 Å². The Hall–Kier alpha value is -1.43. The monoisotopic (exact) mass is 258 g/mol. The molecule has 0 bridgehead atoms. The van der Waals surface area contributed by atoms with E-state index in [9.17, 15) is 14.9 Å². The molecule has 6 heteroatoms. The van der Waals surface area contributed by atoms with Crippen molar-refractivity contribution in [1.29, 1.82) is 0 Å². The molecule has 0 aliphatic rings. The van der Waals surface area contributed by atoms with Crippen molar-refractivity contribution < 1.29 is 9.72 Å². The number of benzene rings is 1. The van der Waals surface area contributed by atoms with Crippen LogP contribution in [0.3, 0.4) is 0 Å². The summed E-state index contributed by atoms with van der Waals surface area (Å²) in [5.74, 6) is -0.188. The number of nitrogens with zero attached hydrogens (tertiary/aromatic N) is 1. The summed E-state index contributed by atoms with van der Waals surface area (Å²) in [6, 6.07) is 2.68. The van der Waals surface area contributed by atoms with Gasteiger partial charge in [-0.3, -0.25) is 14.9 Å². The van der Waals surface area contributed by atoms with E-state index in [0.29, 0.717) is 5.56 Å². The Morgan fingerprint density at radius 3 is 2.50 bits per heavy atom. The van der Waals surface area contributed by atoms with Crippen molar-refractivity contribution in [2.24, 2.45) is 0 Å². The highest BCUT2D eigenvalue weighted by Crippen LogP contribution is 2.32. The molecule has 0 aromatic heterocycles. The molecule has 0 atom stereocenters. The van der Waals surface area contributed by atoms with Gasteiger partial charge in [0.2, 0.25) is 0 Å². The highest BCUT2D eigenvalue weighted by atomic mass is 79.9. The molecule has 0 amide bonds. The lowest BCUT2D eigenvalue weighted by Gasteiger charge is -2.02. The van der Waals surface area contributed by atoms with Crippen molar-refractivity contribution >= 4 is 33.1 Å². The maximum atomic E-state index is 11.0. The van der Waals surface area contributed by atoms with Gasteiger partial charge in [0.1, 0.15) is 5.69 Å². The van der Waals surface area contributed by atoms with Crippen molar-refractivity contribution in [3.8, 4) is 0 Å². The normalized spacial score (nSPS) is 9.86. The van der Waals surface area contributed by atoms with Crippen LogP contribution in [0.1, 0.15) is 17.3 Å². The van der Waals surface area contributed by atoms with Crippen molar-refractivity contribution in [1.82, 2.24) is 0 Å². The fourth-order valence-electron chi connectivity index (χ4n) is 1.02. The number of halogens is 1. The van der Waals surface area contributed by atoms with E-state index >= 15 is 0 Å². The van der Waals surface area contributed by atoms with Gasteiger partial charge in [-0.25, -0.2) is 0 Å². The van der Waals surface area contributed by atoms with Gasteiger partial charge in [-0.1, -0.05) is 0 Å². The van der Waals surface area contributed by atoms with Crippen LogP contribution in [0.4, 0.5) is 11.4 Å². The molecule has 0 heterocycles. The summed E-state index contributed by atoms with van der Waals surface area (Å²) < 4.78 is 0.215. The number of nitrogen functional groups attached to an aromatic ring is 1. The molecule has 5 nitrogen and oxygen atoms in total. The third kappa shape index (κ3) is 1.90. The second kappa shape index (κ2) is 3.75. The van der Waals surface area contributed by atoms with Gasteiger partial charge in [0.15, 0.2) is 5.78 Å². The molecule has 0 saturated carbocycles. The number of rotatable bonds is 2. The molecule has 0 radical (unpaired) electrons. The molecule has 2 N–H and O–H groups in total. The summed E-state index contributed by atoms with van der Waals surface area (Å²) in [7, 11) is 0. The highest BCUT2D eigenvalue weighted by molar-refractivity contribution is 9.10. The van der Waals surface area contributed by atoms with Gasteiger partial charge in [0.05, 0.1) is 9.40 Å².